The van der Waals surface area contributed by atoms with Crippen LogP contribution in [0.5, 0.6) is 0 Å². The summed E-state index contributed by atoms with van der Waals surface area (Å²) in [5.74, 6) is 0. The van der Waals surface area contributed by atoms with E-state index in [1.807, 2.05) is 18.2 Å². The molecule has 0 aliphatic heterocycles. The highest BCUT2D eigenvalue weighted by molar-refractivity contribution is 9.10. The second-order valence-corrected chi connectivity index (χ2v) is 6.66. The molecule has 0 aliphatic carbocycles. The second kappa shape index (κ2) is 6.77. The largest absolute Gasteiger partial charge is 0.312 e. The van der Waals surface area contributed by atoms with Crippen molar-refractivity contribution in [3.05, 3.63) is 33.3 Å². The van der Waals surface area contributed by atoms with Crippen molar-refractivity contribution in [1.29, 1.82) is 0 Å². The maximum absolute atomic E-state index is 5.98. The van der Waals surface area contributed by atoms with Gasteiger partial charge in [0.05, 0.1) is 0 Å². The van der Waals surface area contributed by atoms with Gasteiger partial charge in [0.15, 0.2) is 0 Å². The van der Waals surface area contributed by atoms with Gasteiger partial charge in [-0.1, -0.05) is 27.5 Å². The summed E-state index contributed by atoms with van der Waals surface area (Å²) in [5, 5.41) is 4.31. The van der Waals surface area contributed by atoms with Crippen LogP contribution in [0.4, 0.5) is 0 Å². The van der Waals surface area contributed by atoms with Crippen molar-refractivity contribution < 1.29 is 0 Å². The Morgan fingerprint density at radius 2 is 1.94 bits per heavy atom. The zero-order chi connectivity index (χ0) is 12.9. The van der Waals surface area contributed by atoms with Gasteiger partial charge in [-0.25, -0.2) is 0 Å². The molecule has 0 amide bonds. The van der Waals surface area contributed by atoms with Gasteiger partial charge in [-0.15, -0.1) is 0 Å². The van der Waals surface area contributed by atoms with Crippen molar-refractivity contribution in [3.63, 3.8) is 0 Å². The van der Waals surface area contributed by atoms with Gasteiger partial charge in [-0.3, -0.25) is 0 Å². The first kappa shape index (κ1) is 15.0. The van der Waals surface area contributed by atoms with Gasteiger partial charge in [-0.2, -0.15) is 0 Å². The van der Waals surface area contributed by atoms with Crippen LogP contribution in [0.3, 0.4) is 0 Å². The molecule has 0 heterocycles. The van der Waals surface area contributed by atoms with Gasteiger partial charge >= 0.3 is 0 Å². The molecule has 3 heteroatoms. The van der Waals surface area contributed by atoms with Crippen LogP contribution >= 0.6 is 27.5 Å². The monoisotopic (exact) mass is 317 g/mol. The Bertz CT molecular complexity index is 358. The SMILES string of the molecule is CC(C)(C)NCCCCc1cc(Cl)ccc1Br. The highest BCUT2D eigenvalue weighted by Gasteiger charge is 2.07. The van der Waals surface area contributed by atoms with Crippen LogP contribution in [0.2, 0.25) is 5.02 Å². The maximum Gasteiger partial charge on any atom is 0.0409 e. The molecule has 1 aromatic rings. The number of hydrogen-bond acceptors (Lipinski definition) is 1. The third-order valence-electron chi connectivity index (χ3n) is 2.54. The molecule has 0 bridgehead atoms. The Morgan fingerprint density at radius 3 is 2.59 bits per heavy atom. The zero-order valence-corrected chi connectivity index (χ0v) is 13.2. The topological polar surface area (TPSA) is 12.0 Å². The summed E-state index contributed by atoms with van der Waals surface area (Å²) in [4.78, 5) is 0. The van der Waals surface area contributed by atoms with Crippen LogP contribution in [0, 0.1) is 0 Å². The maximum atomic E-state index is 5.98. The van der Waals surface area contributed by atoms with E-state index in [0.29, 0.717) is 0 Å². The highest BCUT2D eigenvalue weighted by atomic mass is 79.9. The molecule has 0 atom stereocenters. The molecule has 0 spiro atoms. The first-order chi connectivity index (χ1) is 7.88. The quantitative estimate of drug-likeness (QED) is 0.768. The van der Waals surface area contributed by atoms with Crippen LogP contribution in [0.25, 0.3) is 0 Å². The lowest BCUT2D eigenvalue weighted by atomic mass is 10.1. The van der Waals surface area contributed by atoms with E-state index in [1.54, 1.807) is 0 Å². The van der Waals surface area contributed by atoms with E-state index in [4.69, 9.17) is 11.6 Å². The predicted octanol–water partition coefficient (Wildman–Crippen LogP) is 4.81. The summed E-state index contributed by atoms with van der Waals surface area (Å²) in [6.45, 7) is 7.66. The van der Waals surface area contributed by atoms with Crippen molar-refractivity contribution in [2.75, 3.05) is 6.54 Å². The van der Waals surface area contributed by atoms with E-state index in [-0.39, 0.29) is 5.54 Å². The smallest absolute Gasteiger partial charge is 0.0409 e. The molecular formula is C14H21BrClN. The van der Waals surface area contributed by atoms with Crippen LogP contribution < -0.4 is 5.32 Å². The fourth-order valence-corrected chi connectivity index (χ4v) is 2.28. The fourth-order valence-electron chi connectivity index (χ4n) is 1.64. The third-order valence-corrected chi connectivity index (χ3v) is 3.54. The van der Waals surface area contributed by atoms with E-state index < -0.39 is 0 Å². The molecular weight excluding hydrogens is 298 g/mol. The van der Waals surface area contributed by atoms with Gasteiger partial charge in [0.25, 0.3) is 0 Å². The van der Waals surface area contributed by atoms with Crippen molar-refractivity contribution >= 4 is 27.5 Å². The molecule has 1 aromatic carbocycles. The summed E-state index contributed by atoms with van der Waals surface area (Å²) in [6, 6.07) is 5.98. The fraction of sp³-hybridized carbons (Fsp3) is 0.571. The van der Waals surface area contributed by atoms with E-state index >= 15 is 0 Å². The van der Waals surface area contributed by atoms with Crippen LogP contribution in [0.15, 0.2) is 22.7 Å². The minimum absolute atomic E-state index is 0.219. The van der Waals surface area contributed by atoms with Crippen molar-refractivity contribution in [1.82, 2.24) is 5.32 Å². The first-order valence-corrected chi connectivity index (χ1v) is 7.24. The number of halogens is 2. The number of benzene rings is 1. The van der Waals surface area contributed by atoms with Crippen LogP contribution in [-0.2, 0) is 6.42 Å². The minimum atomic E-state index is 0.219. The van der Waals surface area contributed by atoms with E-state index in [9.17, 15) is 0 Å². The first-order valence-electron chi connectivity index (χ1n) is 6.07. The molecule has 17 heavy (non-hydrogen) atoms. The zero-order valence-electron chi connectivity index (χ0n) is 10.8. The van der Waals surface area contributed by atoms with Gasteiger partial charge in [0, 0.05) is 15.0 Å². The van der Waals surface area contributed by atoms with Crippen LogP contribution in [-0.4, -0.2) is 12.1 Å². The molecule has 1 rings (SSSR count). The Morgan fingerprint density at radius 1 is 1.24 bits per heavy atom. The lowest BCUT2D eigenvalue weighted by molar-refractivity contribution is 0.419. The molecule has 0 fully saturated rings. The van der Waals surface area contributed by atoms with E-state index in [1.165, 1.54) is 18.4 Å². The van der Waals surface area contributed by atoms with Gasteiger partial charge < -0.3 is 5.32 Å². The van der Waals surface area contributed by atoms with Gasteiger partial charge in [0.2, 0.25) is 0 Å². The Labute approximate surface area is 118 Å². The van der Waals surface area contributed by atoms with Crippen molar-refractivity contribution in [2.45, 2.75) is 45.6 Å². The number of rotatable bonds is 5. The summed E-state index contributed by atoms with van der Waals surface area (Å²) in [5.41, 5.74) is 1.52. The normalized spacial score (nSPS) is 11.8. The Hall–Kier alpha value is -0.0500. The standard InChI is InChI=1S/C14H21BrClN/c1-14(2,3)17-9-5-4-6-11-10-12(16)7-8-13(11)15/h7-8,10,17H,4-6,9H2,1-3H3. The number of aryl methyl sites for hydroxylation is 1. The number of unbranched alkanes of at least 4 members (excludes halogenated alkanes) is 1. The molecule has 0 radical (unpaired) electrons. The minimum Gasteiger partial charge on any atom is -0.312 e. The van der Waals surface area contributed by atoms with Crippen LogP contribution in [0.1, 0.15) is 39.2 Å². The number of nitrogens with one attached hydrogen (secondary N) is 1. The second-order valence-electron chi connectivity index (χ2n) is 5.37. The van der Waals surface area contributed by atoms with Crippen molar-refractivity contribution in [2.24, 2.45) is 0 Å². The molecule has 0 saturated heterocycles. The molecule has 0 saturated carbocycles. The Balaban J connectivity index is 2.29. The third kappa shape index (κ3) is 6.44. The summed E-state index contributed by atoms with van der Waals surface area (Å²) < 4.78 is 1.16. The molecule has 96 valence electrons. The van der Waals surface area contributed by atoms with Crippen molar-refractivity contribution in [3.8, 4) is 0 Å². The number of hydrogen-bond donors (Lipinski definition) is 1. The summed E-state index contributed by atoms with van der Waals surface area (Å²) in [6.07, 6.45) is 3.45. The molecule has 0 aromatic heterocycles. The summed E-state index contributed by atoms with van der Waals surface area (Å²) >= 11 is 9.54. The molecule has 1 nitrogen and oxygen atoms in total. The van der Waals surface area contributed by atoms with E-state index in [2.05, 4.69) is 42.0 Å². The average molecular weight is 319 g/mol. The molecule has 1 N–H and O–H groups in total. The Kier molecular flexibility index (Phi) is 5.98. The van der Waals surface area contributed by atoms with Gasteiger partial charge in [0.1, 0.15) is 0 Å². The highest BCUT2D eigenvalue weighted by Crippen LogP contribution is 2.22. The average Bonchev–Trinajstić information content (AvgIpc) is 2.21. The van der Waals surface area contributed by atoms with E-state index in [0.717, 1.165) is 22.5 Å². The summed E-state index contributed by atoms with van der Waals surface area (Å²) in [7, 11) is 0. The molecule has 0 aliphatic rings. The van der Waals surface area contributed by atoms with Gasteiger partial charge in [-0.05, 0) is 70.3 Å². The lowest BCUT2D eigenvalue weighted by Gasteiger charge is -2.20. The predicted molar refractivity (Wildman–Crippen MR) is 79.8 cm³/mol. The molecule has 0 unspecified atom stereocenters. The lowest BCUT2D eigenvalue weighted by Crippen LogP contribution is -2.36.